The lowest BCUT2D eigenvalue weighted by atomic mass is 10.1. The number of aryl methyl sites for hydroxylation is 2. The fourth-order valence-electron chi connectivity index (χ4n) is 5.72. The molecule has 244 valence electrons. The predicted octanol–water partition coefficient (Wildman–Crippen LogP) is 9.26. The first-order chi connectivity index (χ1) is 22.0. The van der Waals surface area contributed by atoms with E-state index in [0.29, 0.717) is 23.5 Å². The Morgan fingerprint density at radius 2 is 1.33 bits per heavy atom. The summed E-state index contributed by atoms with van der Waals surface area (Å²) in [6, 6.07) is 18.4. The summed E-state index contributed by atoms with van der Waals surface area (Å²) in [5.74, 6) is 0.450. The van der Waals surface area contributed by atoms with E-state index in [1.807, 2.05) is 49.5 Å². The molecular formula is C39H55N2O4+. The van der Waals surface area contributed by atoms with Gasteiger partial charge in [-0.15, -0.1) is 0 Å². The minimum absolute atomic E-state index is 0.146. The van der Waals surface area contributed by atoms with Crippen LogP contribution in [0.4, 0.5) is 0 Å². The van der Waals surface area contributed by atoms with Gasteiger partial charge in [-0.25, -0.2) is 4.57 Å². The first-order valence-corrected chi connectivity index (χ1v) is 17.2. The van der Waals surface area contributed by atoms with Crippen LogP contribution < -0.4 is 14.0 Å². The molecule has 6 heteroatoms. The van der Waals surface area contributed by atoms with E-state index in [-0.39, 0.29) is 12.5 Å². The van der Waals surface area contributed by atoms with Gasteiger partial charge in [0.25, 0.3) is 11.8 Å². The topological polar surface area (TPSA) is 59.7 Å². The number of imide groups is 1. The largest absolute Gasteiger partial charge is 0.496 e. The Bertz CT molecular complexity index is 1320. The van der Waals surface area contributed by atoms with Crippen LogP contribution in [0.3, 0.4) is 0 Å². The Labute approximate surface area is 271 Å². The highest BCUT2D eigenvalue weighted by molar-refractivity contribution is 6.11. The lowest BCUT2D eigenvalue weighted by Crippen LogP contribution is -2.44. The van der Waals surface area contributed by atoms with Gasteiger partial charge in [0.05, 0.1) is 19.3 Å². The second-order valence-electron chi connectivity index (χ2n) is 12.0. The normalized spacial score (nSPS) is 10.9. The van der Waals surface area contributed by atoms with Gasteiger partial charge in [0.1, 0.15) is 24.6 Å². The molecule has 0 bridgehead atoms. The number of hydrogen-bond acceptors (Lipinski definition) is 4. The minimum atomic E-state index is -0.393. The van der Waals surface area contributed by atoms with Crippen molar-refractivity contribution < 1.29 is 23.6 Å². The number of methoxy groups -OCH3 is 1. The van der Waals surface area contributed by atoms with Crippen LogP contribution in [0.15, 0.2) is 66.9 Å². The third-order valence-electron chi connectivity index (χ3n) is 8.34. The molecule has 0 saturated heterocycles. The monoisotopic (exact) mass is 615 g/mol. The van der Waals surface area contributed by atoms with Crippen molar-refractivity contribution in [2.24, 2.45) is 0 Å². The summed E-state index contributed by atoms with van der Waals surface area (Å²) < 4.78 is 13.6. The Kier molecular flexibility index (Phi) is 16.2. The molecule has 0 radical (unpaired) electrons. The number of pyridine rings is 1. The van der Waals surface area contributed by atoms with E-state index in [0.717, 1.165) is 36.4 Å². The lowest BCUT2D eigenvalue weighted by Gasteiger charge is -2.22. The second-order valence-corrected chi connectivity index (χ2v) is 12.0. The van der Waals surface area contributed by atoms with Crippen molar-refractivity contribution in [1.82, 2.24) is 4.90 Å². The van der Waals surface area contributed by atoms with Gasteiger partial charge in [-0.05, 0) is 49.2 Å². The maximum atomic E-state index is 14.1. The minimum Gasteiger partial charge on any atom is -0.496 e. The van der Waals surface area contributed by atoms with Gasteiger partial charge >= 0.3 is 0 Å². The van der Waals surface area contributed by atoms with Crippen molar-refractivity contribution in [3.63, 3.8) is 0 Å². The summed E-state index contributed by atoms with van der Waals surface area (Å²) in [5.41, 5.74) is 2.50. The lowest BCUT2D eigenvalue weighted by molar-refractivity contribution is -0.704. The van der Waals surface area contributed by atoms with Crippen LogP contribution in [-0.2, 0) is 13.1 Å². The zero-order valence-corrected chi connectivity index (χ0v) is 28.2. The van der Waals surface area contributed by atoms with Gasteiger partial charge in [-0.1, -0.05) is 103 Å². The summed E-state index contributed by atoms with van der Waals surface area (Å²) in [4.78, 5) is 29.3. The first kappa shape index (κ1) is 35.8. The van der Waals surface area contributed by atoms with E-state index in [1.54, 1.807) is 24.3 Å². The highest BCUT2D eigenvalue weighted by Crippen LogP contribution is 2.24. The Hall–Kier alpha value is -3.67. The molecular weight excluding hydrogens is 560 g/mol. The molecule has 6 nitrogen and oxygen atoms in total. The Balaban J connectivity index is 1.59. The summed E-state index contributed by atoms with van der Waals surface area (Å²) in [6.45, 7) is 7.88. The number of nitrogens with zero attached hydrogens (tertiary/aromatic N) is 2. The smallest absolute Gasteiger partial charge is 0.265 e. The van der Waals surface area contributed by atoms with Gasteiger partial charge < -0.3 is 9.47 Å². The highest BCUT2D eigenvalue weighted by atomic mass is 16.5. The molecule has 0 aliphatic carbocycles. The maximum Gasteiger partial charge on any atom is 0.265 e. The molecule has 3 rings (SSSR count). The predicted molar refractivity (Wildman–Crippen MR) is 182 cm³/mol. The molecule has 3 aromatic rings. The number of carbonyl (C=O) groups excluding carboxylic acids is 2. The zero-order valence-electron chi connectivity index (χ0n) is 28.2. The van der Waals surface area contributed by atoms with Crippen LogP contribution in [0.25, 0.3) is 0 Å². The summed E-state index contributed by atoms with van der Waals surface area (Å²) in [5, 5.41) is 0. The van der Waals surface area contributed by atoms with E-state index in [9.17, 15) is 9.59 Å². The van der Waals surface area contributed by atoms with Crippen LogP contribution in [0, 0.1) is 6.92 Å². The van der Waals surface area contributed by atoms with Crippen molar-refractivity contribution in [2.45, 2.75) is 117 Å². The third kappa shape index (κ3) is 11.6. The molecule has 2 aromatic carbocycles. The average Bonchev–Trinajstić information content (AvgIpc) is 3.06. The number of rotatable bonds is 21. The Morgan fingerprint density at radius 1 is 0.711 bits per heavy atom. The fraction of sp³-hybridized carbons (Fsp3) is 0.513. The number of carbonyl (C=O) groups is 2. The van der Waals surface area contributed by atoms with E-state index in [2.05, 4.69) is 18.4 Å². The van der Waals surface area contributed by atoms with Crippen LogP contribution in [0.2, 0.25) is 0 Å². The second kappa shape index (κ2) is 20.4. The van der Waals surface area contributed by atoms with Gasteiger partial charge in [0, 0.05) is 24.1 Å². The molecule has 2 amide bonds. The van der Waals surface area contributed by atoms with Crippen molar-refractivity contribution in [1.29, 1.82) is 0 Å². The summed E-state index contributed by atoms with van der Waals surface area (Å²) >= 11 is 0. The third-order valence-corrected chi connectivity index (χ3v) is 8.34. The van der Waals surface area contributed by atoms with Gasteiger partial charge in [-0.2, -0.15) is 0 Å². The number of hydrogen-bond donors (Lipinski definition) is 0. The van der Waals surface area contributed by atoms with E-state index >= 15 is 0 Å². The van der Waals surface area contributed by atoms with E-state index in [4.69, 9.17) is 9.47 Å². The molecule has 0 spiro atoms. The number of amides is 2. The van der Waals surface area contributed by atoms with E-state index in [1.165, 1.54) is 82.6 Å². The van der Waals surface area contributed by atoms with Crippen molar-refractivity contribution >= 4 is 11.8 Å². The average molecular weight is 616 g/mol. The zero-order chi connectivity index (χ0) is 32.3. The number of unbranched alkanes of at least 4 members (excludes halogenated alkanes) is 11. The summed E-state index contributed by atoms with van der Waals surface area (Å²) in [7, 11) is 1.53. The molecule has 0 saturated carbocycles. The van der Waals surface area contributed by atoms with Gasteiger partial charge in [0.2, 0.25) is 5.69 Å². The quantitative estimate of drug-likeness (QED) is 0.0681. The van der Waals surface area contributed by atoms with Gasteiger partial charge in [-0.3, -0.25) is 14.5 Å². The van der Waals surface area contributed by atoms with E-state index < -0.39 is 5.91 Å². The molecule has 0 N–H and O–H groups in total. The van der Waals surface area contributed by atoms with Gasteiger partial charge in [0.15, 0.2) is 6.20 Å². The van der Waals surface area contributed by atoms with Crippen LogP contribution in [-0.4, -0.2) is 30.4 Å². The molecule has 0 aliphatic rings. The van der Waals surface area contributed by atoms with Crippen molar-refractivity contribution in [3.05, 3.63) is 89.2 Å². The Morgan fingerprint density at radius 3 is 1.98 bits per heavy atom. The number of ether oxygens (including phenoxy) is 2. The molecule has 1 aromatic heterocycles. The molecule has 0 fully saturated rings. The number of para-hydroxylation sites is 1. The van der Waals surface area contributed by atoms with Crippen LogP contribution >= 0.6 is 0 Å². The van der Waals surface area contributed by atoms with Crippen molar-refractivity contribution in [2.75, 3.05) is 13.7 Å². The number of aromatic nitrogens is 1. The fourth-order valence-corrected chi connectivity index (χ4v) is 5.72. The van der Waals surface area contributed by atoms with Crippen LogP contribution in [0.1, 0.15) is 129 Å². The molecule has 0 atom stereocenters. The summed E-state index contributed by atoms with van der Waals surface area (Å²) in [6.07, 6.45) is 18.6. The molecule has 0 unspecified atom stereocenters. The molecule has 0 aliphatic heterocycles. The first-order valence-electron chi connectivity index (χ1n) is 17.2. The molecule has 1 heterocycles. The maximum absolute atomic E-state index is 14.1. The van der Waals surface area contributed by atoms with Crippen molar-refractivity contribution in [3.8, 4) is 11.5 Å². The highest BCUT2D eigenvalue weighted by Gasteiger charge is 2.30. The number of benzene rings is 2. The van der Waals surface area contributed by atoms with Crippen LogP contribution in [0.5, 0.6) is 11.5 Å². The standard InChI is InChI=1S/C39H55N2O4/c1-5-7-8-9-10-11-12-13-14-15-16-21-29-45-34-25-26-35(32(3)30-34)38(42)41(31-33-22-19-20-28-40(33)27-6-2)39(43)36-23-17-18-24-37(36)44-4/h17-20,22-26,28,30H,5-16,21,27,29,31H2,1-4H3/q+1. The molecule has 45 heavy (non-hydrogen) atoms. The SMILES string of the molecule is CCCCCCCCCCCCCCOc1ccc(C(=O)N(Cc2cccc[n+]2CCC)C(=O)c2ccccc2OC)c(C)c1.